The van der Waals surface area contributed by atoms with E-state index in [4.69, 9.17) is 21.7 Å². The van der Waals surface area contributed by atoms with Gasteiger partial charge in [-0.05, 0) is 77.9 Å². The zero-order valence-corrected chi connectivity index (χ0v) is 26.4. The van der Waals surface area contributed by atoms with Gasteiger partial charge in [0.05, 0.1) is 34.4 Å². The van der Waals surface area contributed by atoms with Crippen LogP contribution in [-0.4, -0.2) is 39.0 Å². The molecule has 2 aromatic heterocycles. The van der Waals surface area contributed by atoms with Gasteiger partial charge < -0.3 is 18.9 Å². The summed E-state index contributed by atoms with van der Waals surface area (Å²) in [5.41, 5.74) is 4.40. The summed E-state index contributed by atoms with van der Waals surface area (Å²) in [6, 6.07) is 23.9. The van der Waals surface area contributed by atoms with Gasteiger partial charge in [0.15, 0.2) is 10.6 Å². The van der Waals surface area contributed by atoms with Crippen molar-refractivity contribution in [3.63, 3.8) is 0 Å². The maximum Gasteiger partial charge on any atom is 0.340 e. The average Bonchev–Trinajstić information content (AvgIpc) is 3.51. The second-order valence-corrected chi connectivity index (χ2v) is 11.2. The van der Waals surface area contributed by atoms with Gasteiger partial charge in [-0.3, -0.25) is 9.67 Å². The number of aryl methyl sites for hydroxylation is 1. The van der Waals surface area contributed by atoms with E-state index in [1.54, 1.807) is 0 Å². The molecule has 0 aliphatic rings. The van der Waals surface area contributed by atoms with Crippen molar-refractivity contribution in [3.05, 3.63) is 99.1 Å². The largest absolute Gasteiger partial charge is 0.484 e. The zero-order valence-electron chi connectivity index (χ0n) is 24.0. The van der Waals surface area contributed by atoms with Gasteiger partial charge in [-0.25, -0.2) is 4.79 Å². The van der Waals surface area contributed by atoms with Crippen LogP contribution >= 0.6 is 28.1 Å². The first kappa shape index (κ1) is 29.6. The molecule has 5 rings (SSSR count). The number of ether oxygens (including phenoxy) is 2. The van der Waals surface area contributed by atoms with Crippen molar-refractivity contribution < 1.29 is 14.3 Å². The maximum atomic E-state index is 13.5. The summed E-state index contributed by atoms with van der Waals surface area (Å²) < 4.78 is 17.3. The number of nitrogens with zero attached hydrogens (tertiary/aromatic N) is 4. The Bertz CT molecular complexity index is 1730. The topological polar surface area (TPSA) is 77.3 Å². The summed E-state index contributed by atoms with van der Waals surface area (Å²) in [7, 11) is 2.04. The molecule has 0 aliphatic carbocycles. The number of carbonyl (C=O) groups excluding carboxylic acids is 1. The molecule has 0 radical (unpaired) electrons. The van der Waals surface area contributed by atoms with E-state index in [1.165, 1.54) is 0 Å². The number of unbranched alkanes of at least 4 members (excludes halogenated alkanes) is 1. The molecular weight excluding hydrogens is 614 g/mol. The molecule has 3 aromatic carbocycles. The van der Waals surface area contributed by atoms with E-state index in [-0.39, 0.29) is 19.2 Å². The van der Waals surface area contributed by atoms with E-state index >= 15 is 0 Å². The van der Waals surface area contributed by atoms with Gasteiger partial charge in [-0.1, -0.05) is 49.7 Å². The van der Waals surface area contributed by atoms with Gasteiger partial charge in [0.1, 0.15) is 12.4 Å². The molecule has 0 fully saturated rings. The first-order valence-corrected chi connectivity index (χ1v) is 15.2. The van der Waals surface area contributed by atoms with E-state index in [0.717, 1.165) is 51.8 Å². The number of esters is 1. The van der Waals surface area contributed by atoms with Gasteiger partial charge in [-0.2, -0.15) is 5.10 Å². The molecule has 218 valence electrons. The van der Waals surface area contributed by atoms with Gasteiger partial charge in [-0.15, -0.1) is 0 Å². The summed E-state index contributed by atoms with van der Waals surface area (Å²) in [6.45, 7) is 5.77. The van der Waals surface area contributed by atoms with Crippen molar-refractivity contribution in [1.29, 1.82) is 0 Å². The number of aromatic amines is 1. The molecule has 0 saturated carbocycles. The molecule has 8 nitrogen and oxygen atoms in total. The molecule has 0 atom stereocenters. The summed E-state index contributed by atoms with van der Waals surface area (Å²) in [6.07, 6.45) is 2.01. The minimum Gasteiger partial charge on any atom is -0.484 e. The second kappa shape index (κ2) is 13.4. The van der Waals surface area contributed by atoms with Crippen LogP contribution in [-0.2, 0) is 24.4 Å². The Labute approximate surface area is 259 Å². The van der Waals surface area contributed by atoms with Crippen molar-refractivity contribution in [1.82, 2.24) is 19.3 Å². The smallest absolute Gasteiger partial charge is 0.340 e. The van der Waals surface area contributed by atoms with Gasteiger partial charge in [0.25, 0.3) is 0 Å². The first-order valence-electron chi connectivity index (χ1n) is 14.0. The second-order valence-electron chi connectivity index (χ2n) is 9.94. The quantitative estimate of drug-likeness (QED) is 0.110. The number of para-hydroxylation sites is 2. The van der Waals surface area contributed by atoms with Crippen molar-refractivity contribution in [2.24, 2.45) is 0 Å². The number of fused-ring (bicyclic) bond motifs is 1. The van der Waals surface area contributed by atoms with Crippen LogP contribution in [0.25, 0.3) is 16.6 Å². The number of carbonyl (C=O) groups is 1. The molecule has 0 unspecified atom stereocenters. The van der Waals surface area contributed by atoms with E-state index < -0.39 is 0 Å². The Morgan fingerprint density at radius 3 is 2.48 bits per heavy atom. The maximum absolute atomic E-state index is 13.5. The summed E-state index contributed by atoms with van der Waals surface area (Å²) in [4.78, 5) is 15.7. The fourth-order valence-corrected chi connectivity index (χ4v) is 5.79. The molecule has 0 aliphatic heterocycles. The first-order chi connectivity index (χ1) is 20.4. The van der Waals surface area contributed by atoms with Crippen LogP contribution in [0.1, 0.15) is 48.6 Å². The number of benzene rings is 3. The monoisotopic (exact) mass is 647 g/mol. The third kappa shape index (κ3) is 6.15. The van der Waals surface area contributed by atoms with Crippen molar-refractivity contribution >= 4 is 50.7 Å². The molecule has 0 spiro atoms. The Balaban J connectivity index is 1.57. The summed E-state index contributed by atoms with van der Waals surface area (Å²) >= 11 is 9.22. The van der Waals surface area contributed by atoms with Crippen molar-refractivity contribution in [2.75, 3.05) is 18.6 Å². The fourth-order valence-electron chi connectivity index (χ4n) is 5.09. The van der Waals surface area contributed by atoms with Gasteiger partial charge >= 0.3 is 5.97 Å². The third-order valence-electron chi connectivity index (χ3n) is 7.14. The van der Waals surface area contributed by atoms with E-state index in [2.05, 4.69) is 54.7 Å². The number of H-pyrrole nitrogens is 1. The van der Waals surface area contributed by atoms with Crippen LogP contribution < -0.4 is 9.64 Å². The van der Waals surface area contributed by atoms with E-state index in [0.29, 0.717) is 28.5 Å². The zero-order chi connectivity index (χ0) is 29.6. The third-order valence-corrected chi connectivity index (χ3v) is 8.03. The number of aromatic nitrogens is 4. The molecule has 42 heavy (non-hydrogen) atoms. The van der Waals surface area contributed by atoms with Crippen LogP contribution in [0.5, 0.6) is 5.75 Å². The average molecular weight is 649 g/mol. The minimum absolute atomic E-state index is 0.168. The molecule has 5 aromatic rings. The summed E-state index contributed by atoms with van der Waals surface area (Å²) in [5, 5.41) is 8.07. The molecular formula is C32H34BrN5O3S. The lowest BCUT2D eigenvalue weighted by molar-refractivity contribution is 0.0527. The molecule has 10 heteroatoms. The summed E-state index contributed by atoms with van der Waals surface area (Å²) in [5.74, 6) is 0.888. The Morgan fingerprint density at radius 1 is 1.07 bits per heavy atom. The molecule has 2 heterocycles. The lowest BCUT2D eigenvalue weighted by Crippen LogP contribution is -2.21. The molecule has 0 amide bonds. The Morgan fingerprint density at radius 2 is 1.79 bits per heavy atom. The Kier molecular flexibility index (Phi) is 9.44. The van der Waals surface area contributed by atoms with Crippen LogP contribution in [0.15, 0.2) is 77.3 Å². The molecule has 0 bridgehead atoms. The molecule has 0 saturated heterocycles. The fraction of sp³-hybridized carbons (Fsp3) is 0.281. The van der Waals surface area contributed by atoms with Gasteiger partial charge in [0, 0.05) is 30.4 Å². The Hall–Kier alpha value is -3.89. The SMILES string of the molecule is CCCCn1c(CN(C)c2ccccc2)c(C(=O)OCC)c2cc(OCc3n[nH]c(=S)n3-c3ccccc3)c(Br)cc21. The lowest BCUT2D eigenvalue weighted by atomic mass is 10.1. The number of hydrogen-bond acceptors (Lipinski definition) is 6. The van der Waals surface area contributed by atoms with E-state index in [1.807, 2.05) is 79.2 Å². The normalized spacial score (nSPS) is 11.1. The number of hydrogen-bond donors (Lipinski definition) is 1. The number of anilines is 1. The van der Waals surface area contributed by atoms with Crippen LogP contribution in [0.3, 0.4) is 0 Å². The van der Waals surface area contributed by atoms with Crippen LogP contribution in [0.2, 0.25) is 0 Å². The highest BCUT2D eigenvalue weighted by molar-refractivity contribution is 9.10. The molecule has 1 N–H and O–H groups in total. The number of halogens is 1. The minimum atomic E-state index is -0.340. The van der Waals surface area contributed by atoms with Crippen LogP contribution in [0, 0.1) is 4.77 Å². The van der Waals surface area contributed by atoms with Crippen LogP contribution in [0.4, 0.5) is 5.69 Å². The predicted octanol–water partition coefficient (Wildman–Crippen LogP) is 7.84. The lowest BCUT2D eigenvalue weighted by Gasteiger charge is -2.22. The predicted molar refractivity (Wildman–Crippen MR) is 172 cm³/mol. The van der Waals surface area contributed by atoms with Crippen molar-refractivity contribution in [3.8, 4) is 11.4 Å². The van der Waals surface area contributed by atoms with Crippen molar-refractivity contribution in [2.45, 2.75) is 46.4 Å². The van der Waals surface area contributed by atoms with Gasteiger partial charge in [0.2, 0.25) is 0 Å². The number of rotatable bonds is 12. The highest BCUT2D eigenvalue weighted by Crippen LogP contribution is 2.37. The highest BCUT2D eigenvalue weighted by atomic mass is 79.9. The van der Waals surface area contributed by atoms with E-state index in [9.17, 15) is 4.79 Å². The number of nitrogens with one attached hydrogen (secondary N) is 1. The highest BCUT2D eigenvalue weighted by Gasteiger charge is 2.26. The standard InChI is InChI=1S/C32H34BrN5O3S/c1-4-6-17-37-26-19-25(33)28(41-21-29-34-35-32(42)38(29)23-15-11-8-12-16-23)18-24(26)30(31(39)40-5-2)27(37)20-36(3)22-13-9-7-10-14-22/h7-16,18-19H,4-6,17,20-21H2,1-3H3,(H,35,42).